The van der Waals surface area contributed by atoms with Gasteiger partial charge in [0.1, 0.15) is 16.8 Å². The Labute approximate surface area is 230 Å². The van der Waals surface area contributed by atoms with Crippen LogP contribution < -0.4 is 16.1 Å². The zero-order valence-electron chi connectivity index (χ0n) is 21.5. The van der Waals surface area contributed by atoms with Crippen LogP contribution in [0.2, 0.25) is 0 Å². The molecule has 0 spiro atoms. The van der Waals surface area contributed by atoms with Crippen LogP contribution in [0.5, 0.6) is 0 Å². The number of rotatable bonds is 13. The summed E-state index contributed by atoms with van der Waals surface area (Å²) in [6.07, 6.45) is 6.97. The number of hydrogen-bond acceptors (Lipinski definition) is 10. The number of carbonyl (C=O) groups is 3. The number of hydrazone groups is 1. The number of esters is 1. The molecule has 3 aromatic rings. The molecular weight excluding hydrogens is 540 g/mol. The van der Waals surface area contributed by atoms with E-state index in [1.807, 2.05) is 0 Å². The summed E-state index contributed by atoms with van der Waals surface area (Å²) in [7, 11) is -3.19. The summed E-state index contributed by atoms with van der Waals surface area (Å²) < 4.78 is 37.0. The first-order valence-electron chi connectivity index (χ1n) is 12.1. The lowest BCUT2D eigenvalue weighted by molar-refractivity contribution is -0.143. The summed E-state index contributed by atoms with van der Waals surface area (Å²) in [5, 5.41) is 9.34. The molecule has 13 nitrogen and oxygen atoms in total. The number of methoxy groups -OCH3 is 1. The second kappa shape index (κ2) is 14.5. The predicted molar refractivity (Wildman–Crippen MR) is 145 cm³/mol. The number of nitrogens with one attached hydrogen (secondary N) is 3. The fourth-order valence-electron chi connectivity index (χ4n) is 3.50. The van der Waals surface area contributed by atoms with Crippen molar-refractivity contribution in [1.82, 2.24) is 20.6 Å². The van der Waals surface area contributed by atoms with Gasteiger partial charge in [-0.3, -0.25) is 24.6 Å². The fraction of sp³-hybridized carbons (Fsp3) is 0.231. The maximum Gasteiger partial charge on any atom is 0.328 e. The molecule has 1 aromatic carbocycles. The Bertz CT molecular complexity index is 1450. The first kappa shape index (κ1) is 29.9. The number of pyridine rings is 2. The topological polar surface area (TPSA) is 189 Å². The lowest BCUT2D eigenvalue weighted by Gasteiger charge is -2.16. The van der Waals surface area contributed by atoms with Crippen molar-refractivity contribution in [3.8, 4) is 0 Å². The van der Waals surface area contributed by atoms with Crippen LogP contribution in [-0.4, -0.2) is 66.6 Å². The van der Waals surface area contributed by atoms with Gasteiger partial charge in [-0.2, -0.15) is 13.5 Å². The SMILES string of the molecule is COC(=O)C(CCCCNC(=O)c1ccncc1)NC(=O)c1ccc(NN=Cc2ccccc2S(=O)(=O)O)nc1. The Morgan fingerprint density at radius 1 is 1.02 bits per heavy atom. The monoisotopic (exact) mass is 568 g/mol. The van der Waals surface area contributed by atoms with Crippen molar-refractivity contribution in [2.45, 2.75) is 30.2 Å². The van der Waals surface area contributed by atoms with Gasteiger partial charge in [-0.15, -0.1) is 0 Å². The maximum absolute atomic E-state index is 12.7. The molecule has 210 valence electrons. The van der Waals surface area contributed by atoms with E-state index in [2.05, 4.69) is 31.1 Å². The number of ether oxygens (including phenoxy) is 1. The highest BCUT2D eigenvalue weighted by Gasteiger charge is 2.22. The summed E-state index contributed by atoms with van der Waals surface area (Å²) in [4.78, 5) is 44.6. The normalized spacial score (nSPS) is 11.9. The van der Waals surface area contributed by atoms with Crippen molar-refractivity contribution >= 4 is 39.9 Å². The molecule has 0 aliphatic carbocycles. The molecule has 0 fully saturated rings. The Kier molecular flexibility index (Phi) is 10.8. The van der Waals surface area contributed by atoms with Gasteiger partial charge in [0.2, 0.25) is 0 Å². The van der Waals surface area contributed by atoms with Gasteiger partial charge in [0.15, 0.2) is 0 Å². The van der Waals surface area contributed by atoms with Gasteiger partial charge >= 0.3 is 5.97 Å². The first-order valence-corrected chi connectivity index (χ1v) is 13.5. The van der Waals surface area contributed by atoms with Crippen LogP contribution in [0.15, 0.2) is 77.1 Å². The minimum atomic E-state index is -4.42. The van der Waals surface area contributed by atoms with Crippen LogP contribution in [0, 0.1) is 0 Å². The van der Waals surface area contributed by atoms with Crippen molar-refractivity contribution in [3.05, 3.63) is 83.8 Å². The summed E-state index contributed by atoms with van der Waals surface area (Å²) >= 11 is 0. The van der Waals surface area contributed by atoms with Crippen LogP contribution >= 0.6 is 0 Å². The minimum absolute atomic E-state index is 0.165. The molecule has 2 heterocycles. The molecular formula is C26H28N6O7S. The molecule has 0 aliphatic heterocycles. The zero-order chi connectivity index (χ0) is 29.0. The van der Waals surface area contributed by atoms with E-state index < -0.39 is 28.0 Å². The molecule has 0 bridgehead atoms. The van der Waals surface area contributed by atoms with E-state index in [4.69, 9.17) is 4.74 Å². The third-order valence-electron chi connectivity index (χ3n) is 5.54. The third kappa shape index (κ3) is 8.96. The number of carbonyl (C=O) groups excluding carboxylic acids is 3. The molecule has 0 saturated carbocycles. The Hall–Kier alpha value is -4.69. The highest BCUT2D eigenvalue weighted by molar-refractivity contribution is 7.86. The van der Waals surface area contributed by atoms with Crippen molar-refractivity contribution in [2.75, 3.05) is 19.1 Å². The van der Waals surface area contributed by atoms with Crippen molar-refractivity contribution in [3.63, 3.8) is 0 Å². The average Bonchev–Trinajstić information content (AvgIpc) is 2.96. The molecule has 2 amide bonds. The van der Waals surface area contributed by atoms with Crippen molar-refractivity contribution < 1.29 is 32.1 Å². The Morgan fingerprint density at radius 3 is 2.45 bits per heavy atom. The number of unbranched alkanes of at least 4 members (excludes halogenated alkanes) is 1. The van der Waals surface area contributed by atoms with Gasteiger partial charge in [0.05, 0.1) is 18.9 Å². The number of hydrogen-bond donors (Lipinski definition) is 4. The number of benzene rings is 1. The predicted octanol–water partition coefficient (Wildman–Crippen LogP) is 2.04. The van der Waals surface area contributed by atoms with Gasteiger partial charge in [0.25, 0.3) is 21.9 Å². The van der Waals surface area contributed by atoms with E-state index in [-0.39, 0.29) is 27.7 Å². The van der Waals surface area contributed by atoms with E-state index in [1.54, 1.807) is 18.2 Å². The molecule has 1 unspecified atom stereocenters. The molecule has 0 saturated heterocycles. The summed E-state index contributed by atoms with van der Waals surface area (Å²) in [6, 6.07) is 11.0. The maximum atomic E-state index is 12.7. The smallest absolute Gasteiger partial charge is 0.328 e. The second-order valence-corrected chi connectivity index (χ2v) is 9.74. The lowest BCUT2D eigenvalue weighted by Crippen LogP contribution is -2.41. The molecule has 4 N–H and O–H groups in total. The van der Waals surface area contributed by atoms with E-state index >= 15 is 0 Å². The largest absolute Gasteiger partial charge is 0.467 e. The first-order chi connectivity index (χ1) is 19.2. The van der Waals surface area contributed by atoms with Crippen LogP contribution in [0.1, 0.15) is 45.5 Å². The van der Waals surface area contributed by atoms with Crippen LogP contribution in [0.3, 0.4) is 0 Å². The Balaban J connectivity index is 1.50. The average molecular weight is 569 g/mol. The standard InChI is InChI=1S/C26H28N6O7S/c1-39-26(35)21(7-4-5-13-28-24(33)18-11-14-27-15-12-18)31-25(34)20-9-10-23(29-16-20)32-30-17-19-6-2-3-8-22(19)40(36,37)38/h2-3,6,8-12,14-17,21H,4-5,7,13H2,1H3,(H,28,33)(H,29,32)(H,31,34)(H,36,37,38). The van der Waals surface area contributed by atoms with E-state index in [0.29, 0.717) is 31.4 Å². The molecule has 2 aromatic heterocycles. The highest BCUT2D eigenvalue weighted by Crippen LogP contribution is 2.13. The lowest BCUT2D eigenvalue weighted by atomic mass is 10.1. The number of nitrogens with zero attached hydrogens (tertiary/aromatic N) is 3. The number of amides is 2. The number of aromatic nitrogens is 2. The van der Waals surface area contributed by atoms with Gasteiger partial charge in [0, 0.05) is 36.3 Å². The summed E-state index contributed by atoms with van der Waals surface area (Å²) in [5.41, 5.74) is 3.46. The van der Waals surface area contributed by atoms with Crippen LogP contribution in [0.4, 0.5) is 5.82 Å². The van der Waals surface area contributed by atoms with Crippen LogP contribution in [-0.2, 0) is 19.6 Å². The highest BCUT2D eigenvalue weighted by atomic mass is 32.2. The minimum Gasteiger partial charge on any atom is -0.467 e. The Morgan fingerprint density at radius 2 is 1.77 bits per heavy atom. The van der Waals surface area contributed by atoms with E-state index in [1.165, 1.54) is 62.2 Å². The molecule has 0 aliphatic rings. The zero-order valence-corrected chi connectivity index (χ0v) is 22.3. The van der Waals surface area contributed by atoms with Gasteiger partial charge in [-0.25, -0.2) is 9.78 Å². The van der Waals surface area contributed by atoms with Crippen molar-refractivity contribution in [1.29, 1.82) is 0 Å². The molecule has 0 radical (unpaired) electrons. The fourth-order valence-corrected chi connectivity index (χ4v) is 4.17. The van der Waals surface area contributed by atoms with E-state index in [9.17, 15) is 27.4 Å². The summed E-state index contributed by atoms with van der Waals surface area (Å²) in [5.74, 6) is -1.10. The quantitative estimate of drug-likeness (QED) is 0.0780. The van der Waals surface area contributed by atoms with Crippen LogP contribution in [0.25, 0.3) is 0 Å². The third-order valence-corrected chi connectivity index (χ3v) is 6.47. The van der Waals surface area contributed by atoms with Gasteiger partial charge in [-0.05, 0) is 49.6 Å². The van der Waals surface area contributed by atoms with Gasteiger partial charge < -0.3 is 15.4 Å². The molecule has 3 rings (SSSR count). The molecule has 14 heteroatoms. The summed E-state index contributed by atoms with van der Waals surface area (Å²) in [6.45, 7) is 0.394. The number of anilines is 1. The molecule has 40 heavy (non-hydrogen) atoms. The second-order valence-electron chi connectivity index (χ2n) is 8.35. The van der Waals surface area contributed by atoms with Crippen molar-refractivity contribution in [2.24, 2.45) is 5.10 Å². The molecule has 1 atom stereocenters. The van der Waals surface area contributed by atoms with E-state index in [0.717, 1.165) is 0 Å². The van der Waals surface area contributed by atoms with Gasteiger partial charge in [-0.1, -0.05) is 18.2 Å².